The number of aromatic nitrogens is 1. The third kappa shape index (κ3) is 3.89. The molecule has 0 unspecified atom stereocenters. The molecule has 1 aromatic heterocycles. The summed E-state index contributed by atoms with van der Waals surface area (Å²) >= 11 is 0. The number of aryl methyl sites for hydroxylation is 2. The lowest BCUT2D eigenvalue weighted by Gasteiger charge is -2.14. The molecule has 3 rings (SSSR count). The molecule has 28 heavy (non-hydrogen) atoms. The highest BCUT2D eigenvalue weighted by Crippen LogP contribution is 2.25. The Morgan fingerprint density at radius 1 is 0.929 bits per heavy atom. The summed E-state index contributed by atoms with van der Waals surface area (Å²) in [6.07, 6.45) is 1.31. The molecule has 0 radical (unpaired) electrons. The molecule has 1 N–H and O–H groups in total. The molecule has 1 heterocycles. The van der Waals surface area contributed by atoms with Crippen molar-refractivity contribution in [2.75, 3.05) is 4.72 Å². The molecule has 0 aliphatic heterocycles. The third-order valence-corrected chi connectivity index (χ3v) is 5.83. The van der Waals surface area contributed by atoms with Crippen LogP contribution in [-0.4, -0.2) is 14.2 Å². The fraction of sp³-hybridized carbons (Fsp3) is 0.143. The predicted molar refractivity (Wildman–Crippen MR) is 107 cm³/mol. The van der Waals surface area contributed by atoms with Crippen LogP contribution < -0.4 is 9.45 Å². The Kier molecular flexibility index (Phi) is 5.20. The van der Waals surface area contributed by atoms with Gasteiger partial charge in [0.05, 0.1) is 16.1 Å². The van der Waals surface area contributed by atoms with Gasteiger partial charge in [-0.2, -0.15) is 4.73 Å². The normalized spacial score (nSPS) is 11.2. The first-order valence-electron chi connectivity index (χ1n) is 8.62. The van der Waals surface area contributed by atoms with E-state index in [0.29, 0.717) is 4.73 Å². The van der Waals surface area contributed by atoms with Crippen LogP contribution >= 0.6 is 0 Å². The number of carbonyl (C=O) groups is 1. The molecule has 3 aromatic rings. The standard InChI is InChI=1S/C21H20N2O4S/c1-14-6-9-17(10-7-14)28(26,27)22-20-11-8-15(2)13-19(20)21(24)18-5-4-12-23(25)16(18)3/h4-13,22H,1-3H3. The lowest BCUT2D eigenvalue weighted by Crippen LogP contribution is -2.31. The van der Waals surface area contributed by atoms with Gasteiger partial charge in [0.1, 0.15) is 0 Å². The molecule has 0 saturated heterocycles. The molecule has 0 aliphatic rings. The number of hydrogen-bond acceptors (Lipinski definition) is 4. The summed E-state index contributed by atoms with van der Waals surface area (Å²) in [5.74, 6) is -0.423. The van der Waals surface area contributed by atoms with Crippen LogP contribution in [0.4, 0.5) is 5.69 Å². The highest BCUT2D eigenvalue weighted by Gasteiger charge is 2.23. The van der Waals surface area contributed by atoms with Gasteiger partial charge in [0.15, 0.2) is 6.20 Å². The van der Waals surface area contributed by atoms with Crippen molar-refractivity contribution in [1.82, 2.24) is 0 Å². The largest absolute Gasteiger partial charge is 0.618 e. The van der Waals surface area contributed by atoms with E-state index in [1.165, 1.54) is 24.4 Å². The van der Waals surface area contributed by atoms with Gasteiger partial charge in [-0.15, -0.1) is 0 Å². The van der Waals surface area contributed by atoms with Crippen LogP contribution in [0.5, 0.6) is 0 Å². The van der Waals surface area contributed by atoms with Crippen molar-refractivity contribution in [2.24, 2.45) is 0 Å². The van der Waals surface area contributed by atoms with Gasteiger partial charge >= 0.3 is 0 Å². The minimum Gasteiger partial charge on any atom is -0.618 e. The second kappa shape index (κ2) is 7.44. The Labute approximate surface area is 164 Å². The summed E-state index contributed by atoms with van der Waals surface area (Å²) in [6, 6.07) is 14.3. The van der Waals surface area contributed by atoms with Crippen molar-refractivity contribution in [2.45, 2.75) is 25.7 Å². The van der Waals surface area contributed by atoms with E-state index in [0.717, 1.165) is 11.1 Å². The maximum Gasteiger partial charge on any atom is 0.261 e. The first-order valence-corrected chi connectivity index (χ1v) is 10.1. The molecule has 7 heteroatoms. The molecule has 6 nitrogen and oxygen atoms in total. The van der Waals surface area contributed by atoms with E-state index in [2.05, 4.69) is 4.72 Å². The Hall–Kier alpha value is -3.19. The number of anilines is 1. The van der Waals surface area contributed by atoms with E-state index in [-0.39, 0.29) is 27.4 Å². The number of sulfonamides is 1. The molecule has 0 bridgehead atoms. The number of ketones is 1. The molecule has 0 spiro atoms. The van der Waals surface area contributed by atoms with Crippen molar-refractivity contribution in [3.63, 3.8) is 0 Å². The van der Waals surface area contributed by atoms with Gasteiger partial charge in [-0.25, -0.2) is 8.42 Å². The smallest absolute Gasteiger partial charge is 0.261 e. The van der Waals surface area contributed by atoms with Gasteiger partial charge in [-0.3, -0.25) is 9.52 Å². The van der Waals surface area contributed by atoms with Gasteiger partial charge in [-0.05, 0) is 44.2 Å². The Bertz CT molecular complexity index is 1150. The minimum absolute atomic E-state index is 0.102. The van der Waals surface area contributed by atoms with Crippen molar-refractivity contribution < 1.29 is 17.9 Å². The molecule has 0 aliphatic carbocycles. The number of nitrogens with zero attached hydrogens (tertiary/aromatic N) is 1. The van der Waals surface area contributed by atoms with Crippen LogP contribution in [0.1, 0.15) is 32.7 Å². The Balaban J connectivity index is 2.05. The number of benzene rings is 2. The maximum atomic E-state index is 13.1. The number of rotatable bonds is 5. The molecule has 0 fully saturated rings. The van der Waals surface area contributed by atoms with Gasteiger partial charge < -0.3 is 5.21 Å². The van der Waals surface area contributed by atoms with Crippen LogP contribution in [0, 0.1) is 26.0 Å². The highest BCUT2D eigenvalue weighted by atomic mass is 32.2. The van der Waals surface area contributed by atoms with E-state index < -0.39 is 15.8 Å². The molecule has 0 saturated carbocycles. The van der Waals surface area contributed by atoms with Gasteiger partial charge in [-0.1, -0.05) is 29.3 Å². The summed E-state index contributed by atoms with van der Waals surface area (Å²) in [5, 5.41) is 11.8. The monoisotopic (exact) mass is 396 g/mol. The maximum absolute atomic E-state index is 13.1. The van der Waals surface area contributed by atoms with Crippen molar-refractivity contribution in [3.8, 4) is 0 Å². The van der Waals surface area contributed by atoms with E-state index >= 15 is 0 Å². The average Bonchev–Trinajstić information content (AvgIpc) is 2.65. The zero-order valence-electron chi connectivity index (χ0n) is 15.8. The van der Waals surface area contributed by atoms with Gasteiger partial charge in [0.25, 0.3) is 10.0 Å². The summed E-state index contributed by atoms with van der Waals surface area (Å²) in [5.41, 5.74) is 2.56. The second-order valence-corrected chi connectivity index (χ2v) is 8.31. The Morgan fingerprint density at radius 3 is 2.25 bits per heavy atom. The van der Waals surface area contributed by atoms with Crippen LogP contribution in [0.25, 0.3) is 0 Å². The molecule has 2 aromatic carbocycles. The zero-order valence-corrected chi connectivity index (χ0v) is 16.6. The average molecular weight is 396 g/mol. The van der Waals surface area contributed by atoms with Crippen LogP contribution in [0.2, 0.25) is 0 Å². The summed E-state index contributed by atoms with van der Waals surface area (Å²) in [6.45, 7) is 5.22. The van der Waals surface area contributed by atoms with Gasteiger partial charge in [0, 0.05) is 18.6 Å². The van der Waals surface area contributed by atoms with Crippen molar-refractivity contribution in [3.05, 3.63) is 93.9 Å². The topological polar surface area (TPSA) is 90.2 Å². The number of nitrogens with one attached hydrogen (secondary N) is 1. The predicted octanol–water partition coefficient (Wildman–Crippen LogP) is 3.28. The minimum atomic E-state index is -3.87. The number of pyridine rings is 1. The molecular formula is C21H20N2O4S. The summed E-state index contributed by atoms with van der Waals surface area (Å²) in [7, 11) is -3.87. The molecule has 0 atom stereocenters. The fourth-order valence-electron chi connectivity index (χ4n) is 2.81. The van der Waals surface area contributed by atoms with Crippen LogP contribution in [0.15, 0.2) is 65.7 Å². The lowest BCUT2D eigenvalue weighted by molar-refractivity contribution is -0.612. The zero-order chi connectivity index (χ0) is 20.5. The van der Waals surface area contributed by atoms with E-state index in [1.54, 1.807) is 50.2 Å². The number of hydrogen-bond donors (Lipinski definition) is 1. The van der Waals surface area contributed by atoms with Gasteiger partial charge in [0.2, 0.25) is 11.5 Å². The van der Waals surface area contributed by atoms with Crippen LogP contribution in [-0.2, 0) is 10.0 Å². The Morgan fingerprint density at radius 2 is 1.57 bits per heavy atom. The second-order valence-electron chi connectivity index (χ2n) is 6.63. The van der Waals surface area contributed by atoms with E-state index in [4.69, 9.17) is 0 Å². The highest BCUT2D eigenvalue weighted by molar-refractivity contribution is 7.92. The first-order chi connectivity index (χ1) is 13.2. The molecule has 144 valence electrons. The van der Waals surface area contributed by atoms with Crippen LogP contribution in [0.3, 0.4) is 0 Å². The summed E-state index contributed by atoms with van der Waals surface area (Å²) < 4.78 is 28.6. The fourth-order valence-corrected chi connectivity index (χ4v) is 3.89. The lowest BCUT2D eigenvalue weighted by atomic mass is 9.99. The quantitative estimate of drug-likeness (QED) is 0.407. The number of carbonyl (C=O) groups excluding carboxylic acids is 1. The summed E-state index contributed by atoms with van der Waals surface area (Å²) in [4.78, 5) is 13.2. The van der Waals surface area contributed by atoms with Crippen molar-refractivity contribution >= 4 is 21.5 Å². The van der Waals surface area contributed by atoms with E-state index in [9.17, 15) is 18.4 Å². The SMILES string of the molecule is Cc1ccc(S(=O)(=O)Nc2ccc(C)cc2C(=O)c2ccc[n+]([O-])c2C)cc1. The molecular weight excluding hydrogens is 376 g/mol. The van der Waals surface area contributed by atoms with Crippen molar-refractivity contribution in [1.29, 1.82) is 0 Å². The third-order valence-electron chi connectivity index (χ3n) is 4.44. The van der Waals surface area contributed by atoms with E-state index in [1.807, 2.05) is 6.92 Å². The first kappa shape index (κ1) is 19.6. The molecule has 0 amide bonds.